The number of morpholine rings is 1. The van der Waals surface area contributed by atoms with E-state index in [1.807, 2.05) is 0 Å². The van der Waals surface area contributed by atoms with Crippen LogP contribution < -0.4 is 9.47 Å². The van der Waals surface area contributed by atoms with Crippen molar-refractivity contribution in [2.45, 2.75) is 49.3 Å². The number of nitrogens with zero attached hydrogens (tertiary/aromatic N) is 2. The number of aliphatic hydroxyl groups is 1. The summed E-state index contributed by atoms with van der Waals surface area (Å²) in [4.78, 5) is 4.93. The molecule has 0 radical (unpaired) electrons. The lowest BCUT2D eigenvalue weighted by Gasteiger charge is -2.58. The zero-order chi connectivity index (χ0) is 19.6. The van der Waals surface area contributed by atoms with Crippen LogP contribution >= 0.6 is 0 Å². The van der Waals surface area contributed by atoms with Crippen molar-refractivity contribution in [3.8, 4) is 11.5 Å². The quantitative estimate of drug-likeness (QED) is 0.825. The second kappa shape index (κ2) is 6.84. The Labute approximate surface area is 172 Å². The molecule has 1 aromatic rings. The van der Waals surface area contributed by atoms with Crippen molar-refractivity contribution in [1.82, 2.24) is 9.80 Å². The van der Waals surface area contributed by atoms with Crippen molar-refractivity contribution in [2.75, 3.05) is 53.0 Å². The Bertz CT molecular complexity index is 795. The van der Waals surface area contributed by atoms with Gasteiger partial charge in [0.15, 0.2) is 11.5 Å². The highest BCUT2D eigenvalue weighted by Gasteiger charge is 2.65. The molecule has 0 aromatic heterocycles. The summed E-state index contributed by atoms with van der Waals surface area (Å²) in [6.07, 6.45) is 3.61. The van der Waals surface area contributed by atoms with Crippen LogP contribution in [-0.4, -0.2) is 86.2 Å². The van der Waals surface area contributed by atoms with Crippen LogP contribution in [0.4, 0.5) is 0 Å². The first-order valence-corrected chi connectivity index (χ1v) is 11.3. The molecule has 2 saturated heterocycles. The number of aliphatic hydroxyl groups excluding tert-OH is 1. The smallest absolute Gasteiger partial charge is 0.165 e. The Balaban J connectivity index is 1.32. The molecule has 2 aliphatic carbocycles. The molecule has 3 heterocycles. The number of benzene rings is 1. The van der Waals surface area contributed by atoms with Gasteiger partial charge in [0.2, 0.25) is 0 Å². The van der Waals surface area contributed by atoms with Crippen LogP contribution in [0.1, 0.15) is 30.4 Å². The molecule has 5 aliphatic rings. The van der Waals surface area contributed by atoms with E-state index in [2.05, 4.69) is 29.0 Å². The first-order valence-electron chi connectivity index (χ1n) is 11.3. The van der Waals surface area contributed by atoms with E-state index in [9.17, 15) is 5.11 Å². The highest BCUT2D eigenvalue weighted by molar-refractivity contribution is 5.61. The minimum Gasteiger partial charge on any atom is -0.488 e. The van der Waals surface area contributed by atoms with Crippen molar-refractivity contribution < 1.29 is 19.3 Å². The number of likely N-dealkylation sites (N-methyl/N-ethyl adjacent to an activating group) is 1. The average molecular weight is 401 g/mol. The third kappa shape index (κ3) is 2.62. The lowest BCUT2D eigenvalue weighted by molar-refractivity contribution is -0.0993. The standard InChI is InChI=1S/C23H32N2O4/c1-24-7-6-23-16-3-4-18(26)22(23)29-21-19(5-2-15(20(21)23)14-17(16)24)28-13-10-25-8-11-27-12-9-25/h2,5,16-18,22,26H,3-4,6-14H2,1H3/t16-,17?,18-,22-,23-/m0/s1. The molecule has 1 unspecified atom stereocenters. The van der Waals surface area contributed by atoms with Gasteiger partial charge in [-0.3, -0.25) is 4.90 Å². The van der Waals surface area contributed by atoms with E-state index in [0.29, 0.717) is 18.6 Å². The summed E-state index contributed by atoms with van der Waals surface area (Å²) in [7, 11) is 2.27. The third-order valence-corrected chi connectivity index (χ3v) is 8.32. The van der Waals surface area contributed by atoms with E-state index in [1.54, 1.807) is 0 Å². The van der Waals surface area contributed by atoms with Gasteiger partial charge < -0.3 is 24.2 Å². The van der Waals surface area contributed by atoms with Crippen LogP contribution in [-0.2, 0) is 16.6 Å². The average Bonchev–Trinajstić information content (AvgIpc) is 3.09. The Kier molecular flexibility index (Phi) is 4.35. The highest BCUT2D eigenvalue weighted by atomic mass is 16.5. The first kappa shape index (κ1) is 18.4. The molecule has 6 heteroatoms. The van der Waals surface area contributed by atoms with Crippen LogP contribution in [0.25, 0.3) is 0 Å². The van der Waals surface area contributed by atoms with Gasteiger partial charge in [0, 0.05) is 36.7 Å². The second-order valence-electron chi connectivity index (χ2n) is 9.56. The molecule has 6 rings (SSSR count). The normalized spacial score (nSPS) is 38.4. The van der Waals surface area contributed by atoms with Crippen LogP contribution in [0.15, 0.2) is 12.1 Å². The minimum atomic E-state index is -0.380. The monoisotopic (exact) mass is 400 g/mol. The van der Waals surface area contributed by atoms with Crippen LogP contribution in [0, 0.1) is 5.92 Å². The van der Waals surface area contributed by atoms with Gasteiger partial charge in [0.25, 0.3) is 0 Å². The highest BCUT2D eigenvalue weighted by Crippen LogP contribution is 2.63. The van der Waals surface area contributed by atoms with E-state index in [0.717, 1.165) is 76.6 Å². The zero-order valence-corrected chi connectivity index (χ0v) is 17.3. The van der Waals surface area contributed by atoms with Gasteiger partial charge in [-0.25, -0.2) is 0 Å². The minimum absolute atomic E-state index is 0.0264. The fourth-order valence-corrected chi connectivity index (χ4v) is 6.92. The maximum Gasteiger partial charge on any atom is 0.165 e. The van der Waals surface area contributed by atoms with E-state index < -0.39 is 0 Å². The molecule has 1 aromatic carbocycles. The SMILES string of the molecule is CN1CC[C@]23c4c5ccc(OCCN6CCOCC6)c4O[C@H]2[C@@H](O)CC[C@H]3C1C5. The number of piperidine rings is 1. The molecule has 6 nitrogen and oxygen atoms in total. The Morgan fingerprint density at radius 1 is 1.21 bits per heavy atom. The molecule has 158 valence electrons. The van der Waals surface area contributed by atoms with E-state index in [-0.39, 0.29) is 17.6 Å². The maximum atomic E-state index is 10.9. The summed E-state index contributed by atoms with van der Waals surface area (Å²) in [6.45, 7) is 6.22. The molecule has 1 saturated carbocycles. The van der Waals surface area contributed by atoms with E-state index in [4.69, 9.17) is 14.2 Å². The van der Waals surface area contributed by atoms with Gasteiger partial charge in [0.1, 0.15) is 12.7 Å². The summed E-state index contributed by atoms with van der Waals surface area (Å²) in [5.74, 6) is 2.37. The fraction of sp³-hybridized carbons (Fsp3) is 0.739. The molecule has 0 amide bonds. The predicted octanol–water partition coefficient (Wildman–Crippen LogP) is 1.43. The second-order valence-corrected chi connectivity index (χ2v) is 9.56. The Hall–Kier alpha value is -1.34. The lowest BCUT2D eigenvalue weighted by atomic mass is 9.51. The van der Waals surface area contributed by atoms with Gasteiger partial charge >= 0.3 is 0 Å². The van der Waals surface area contributed by atoms with Gasteiger partial charge in [-0.05, 0) is 56.8 Å². The third-order valence-electron chi connectivity index (χ3n) is 8.32. The summed E-state index contributed by atoms with van der Waals surface area (Å²) < 4.78 is 18.3. The molecule has 5 atom stereocenters. The number of hydrogen-bond acceptors (Lipinski definition) is 6. The van der Waals surface area contributed by atoms with Gasteiger partial charge in [0.05, 0.1) is 19.3 Å². The fourth-order valence-electron chi connectivity index (χ4n) is 6.92. The summed E-state index contributed by atoms with van der Waals surface area (Å²) in [5, 5.41) is 10.9. The number of hydrogen-bond donors (Lipinski definition) is 1. The Morgan fingerprint density at radius 3 is 2.93 bits per heavy atom. The molecule has 3 fully saturated rings. The van der Waals surface area contributed by atoms with Gasteiger partial charge in [-0.1, -0.05) is 6.07 Å². The summed E-state index contributed by atoms with van der Waals surface area (Å²) in [5.41, 5.74) is 2.76. The molecule has 3 aliphatic heterocycles. The molecule has 1 N–H and O–H groups in total. The van der Waals surface area contributed by atoms with Crippen LogP contribution in [0.3, 0.4) is 0 Å². The van der Waals surface area contributed by atoms with Crippen molar-refractivity contribution in [2.24, 2.45) is 5.92 Å². The summed E-state index contributed by atoms with van der Waals surface area (Å²) >= 11 is 0. The molecule has 2 bridgehead atoms. The molecular formula is C23H32N2O4. The Morgan fingerprint density at radius 2 is 2.07 bits per heavy atom. The summed E-state index contributed by atoms with van der Waals surface area (Å²) in [6, 6.07) is 4.93. The zero-order valence-electron chi connectivity index (χ0n) is 17.3. The first-order chi connectivity index (χ1) is 14.2. The van der Waals surface area contributed by atoms with Crippen LogP contribution in [0.2, 0.25) is 0 Å². The van der Waals surface area contributed by atoms with Crippen molar-refractivity contribution >= 4 is 0 Å². The van der Waals surface area contributed by atoms with Crippen molar-refractivity contribution in [1.29, 1.82) is 0 Å². The number of likely N-dealkylation sites (tertiary alicyclic amines) is 1. The van der Waals surface area contributed by atoms with Crippen molar-refractivity contribution in [3.05, 3.63) is 23.3 Å². The largest absolute Gasteiger partial charge is 0.488 e. The van der Waals surface area contributed by atoms with E-state index in [1.165, 1.54) is 11.1 Å². The lowest BCUT2D eigenvalue weighted by Crippen LogP contribution is -2.66. The number of rotatable bonds is 4. The van der Waals surface area contributed by atoms with E-state index >= 15 is 0 Å². The van der Waals surface area contributed by atoms with Crippen molar-refractivity contribution in [3.63, 3.8) is 0 Å². The maximum absolute atomic E-state index is 10.9. The van der Waals surface area contributed by atoms with Gasteiger partial charge in [-0.15, -0.1) is 0 Å². The molecule has 29 heavy (non-hydrogen) atoms. The topological polar surface area (TPSA) is 54.4 Å². The molecular weight excluding hydrogens is 368 g/mol. The van der Waals surface area contributed by atoms with Crippen LogP contribution in [0.5, 0.6) is 11.5 Å². The predicted molar refractivity (Wildman–Crippen MR) is 109 cm³/mol. The van der Waals surface area contributed by atoms with Gasteiger partial charge in [-0.2, -0.15) is 0 Å². The number of ether oxygens (including phenoxy) is 3. The molecule has 1 spiro atoms.